The Bertz CT molecular complexity index is 788. The number of fused-ring (bicyclic) bond motifs is 1. The molecule has 6 nitrogen and oxygen atoms in total. The van der Waals surface area contributed by atoms with Gasteiger partial charge in [-0.15, -0.1) is 0 Å². The molecule has 0 saturated heterocycles. The highest BCUT2D eigenvalue weighted by molar-refractivity contribution is 7.15. The van der Waals surface area contributed by atoms with Gasteiger partial charge in [0.15, 0.2) is 5.13 Å². The number of carbonyl (C=O) groups excluding carboxylic acids is 2. The minimum Gasteiger partial charge on any atom is -0.450 e. The number of amides is 2. The molecule has 0 aliphatic carbocycles. The molecular weight excluding hydrogens is 338 g/mol. The van der Waals surface area contributed by atoms with Crippen LogP contribution in [0.25, 0.3) is 0 Å². The molecule has 2 amide bonds. The third kappa shape index (κ3) is 4.36. The Morgan fingerprint density at radius 2 is 2.24 bits per heavy atom. The molecule has 0 unspecified atom stereocenters. The highest BCUT2D eigenvalue weighted by Crippen LogP contribution is 2.28. The van der Waals surface area contributed by atoms with Crippen LogP contribution in [0.2, 0.25) is 0 Å². The lowest BCUT2D eigenvalue weighted by Gasteiger charge is -2.24. The van der Waals surface area contributed by atoms with Gasteiger partial charge >= 0.3 is 6.09 Å². The first-order valence-corrected chi connectivity index (χ1v) is 9.12. The zero-order chi connectivity index (χ0) is 17.8. The standard InChI is InChI=1S/C18H21N3O3S/c1-3-24-18(23)21-8-7-14-15(11-21)25-17(19-14)20-16(22)10-13-6-4-5-12(2)9-13/h4-6,9H,3,7-8,10-11H2,1-2H3,(H,19,20,22). The Balaban J connectivity index is 1.62. The molecule has 1 aliphatic heterocycles. The monoisotopic (exact) mass is 359 g/mol. The van der Waals surface area contributed by atoms with Crippen LogP contribution in [0, 0.1) is 6.92 Å². The second-order valence-electron chi connectivity index (χ2n) is 5.97. The van der Waals surface area contributed by atoms with Crippen molar-refractivity contribution in [3.05, 3.63) is 46.0 Å². The molecule has 7 heteroatoms. The summed E-state index contributed by atoms with van der Waals surface area (Å²) >= 11 is 1.42. The fraction of sp³-hybridized carbons (Fsp3) is 0.389. The second kappa shape index (κ2) is 7.65. The number of carbonyl (C=O) groups is 2. The van der Waals surface area contributed by atoms with Gasteiger partial charge in [-0.05, 0) is 19.4 Å². The van der Waals surface area contributed by atoms with E-state index in [9.17, 15) is 9.59 Å². The molecule has 0 spiro atoms. The Labute approximate surface area is 150 Å². The molecule has 1 aromatic carbocycles. The van der Waals surface area contributed by atoms with Crippen molar-refractivity contribution in [2.45, 2.75) is 33.2 Å². The van der Waals surface area contributed by atoms with E-state index in [-0.39, 0.29) is 12.0 Å². The SMILES string of the molecule is CCOC(=O)N1CCc2nc(NC(=O)Cc3cccc(C)c3)sc2C1. The Hall–Kier alpha value is -2.41. The van der Waals surface area contributed by atoms with E-state index in [0.29, 0.717) is 37.7 Å². The van der Waals surface area contributed by atoms with Crippen LogP contribution in [-0.2, 0) is 28.9 Å². The third-order valence-electron chi connectivity index (χ3n) is 3.95. The van der Waals surface area contributed by atoms with Crippen molar-refractivity contribution in [1.82, 2.24) is 9.88 Å². The molecule has 0 saturated carbocycles. The Morgan fingerprint density at radius 1 is 1.40 bits per heavy atom. The van der Waals surface area contributed by atoms with Gasteiger partial charge in [0.1, 0.15) is 0 Å². The quantitative estimate of drug-likeness (QED) is 0.910. The van der Waals surface area contributed by atoms with Crippen LogP contribution >= 0.6 is 11.3 Å². The van der Waals surface area contributed by atoms with Crippen LogP contribution in [0.5, 0.6) is 0 Å². The maximum absolute atomic E-state index is 12.2. The van der Waals surface area contributed by atoms with E-state index in [1.54, 1.807) is 11.8 Å². The maximum atomic E-state index is 12.2. The molecule has 0 fully saturated rings. The summed E-state index contributed by atoms with van der Waals surface area (Å²) in [6, 6.07) is 7.90. The van der Waals surface area contributed by atoms with Crippen LogP contribution < -0.4 is 5.32 Å². The number of nitrogens with one attached hydrogen (secondary N) is 1. The zero-order valence-electron chi connectivity index (χ0n) is 14.4. The van der Waals surface area contributed by atoms with Gasteiger partial charge in [0, 0.05) is 17.8 Å². The minimum atomic E-state index is -0.299. The lowest BCUT2D eigenvalue weighted by atomic mass is 10.1. The van der Waals surface area contributed by atoms with Gasteiger partial charge in [-0.3, -0.25) is 4.79 Å². The Kier molecular flexibility index (Phi) is 5.33. The van der Waals surface area contributed by atoms with E-state index >= 15 is 0 Å². The third-order valence-corrected chi connectivity index (χ3v) is 4.95. The van der Waals surface area contributed by atoms with E-state index < -0.39 is 0 Å². The average Bonchev–Trinajstić information content (AvgIpc) is 2.96. The van der Waals surface area contributed by atoms with Gasteiger partial charge in [-0.25, -0.2) is 9.78 Å². The van der Waals surface area contributed by atoms with Crippen LogP contribution in [0.15, 0.2) is 24.3 Å². The number of hydrogen-bond donors (Lipinski definition) is 1. The summed E-state index contributed by atoms with van der Waals surface area (Å²) in [7, 11) is 0. The summed E-state index contributed by atoms with van der Waals surface area (Å²) < 4.78 is 5.05. The molecule has 1 aromatic heterocycles. The first-order chi connectivity index (χ1) is 12.0. The first-order valence-electron chi connectivity index (χ1n) is 8.31. The summed E-state index contributed by atoms with van der Waals surface area (Å²) in [4.78, 5) is 31.2. The molecule has 3 rings (SSSR count). The van der Waals surface area contributed by atoms with Crippen molar-refractivity contribution in [2.75, 3.05) is 18.5 Å². The van der Waals surface area contributed by atoms with Gasteiger partial charge in [0.2, 0.25) is 5.91 Å². The van der Waals surface area contributed by atoms with Gasteiger partial charge < -0.3 is 15.0 Å². The number of anilines is 1. The molecule has 2 heterocycles. The zero-order valence-corrected chi connectivity index (χ0v) is 15.2. The van der Waals surface area contributed by atoms with Crippen LogP contribution in [0.1, 0.15) is 28.6 Å². The smallest absolute Gasteiger partial charge is 0.410 e. The number of ether oxygens (including phenoxy) is 1. The largest absolute Gasteiger partial charge is 0.450 e. The van der Waals surface area contributed by atoms with E-state index in [4.69, 9.17) is 4.74 Å². The lowest BCUT2D eigenvalue weighted by molar-refractivity contribution is -0.115. The average molecular weight is 359 g/mol. The van der Waals surface area contributed by atoms with E-state index in [1.807, 2.05) is 31.2 Å². The van der Waals surface area contributed by atoms with Crippen molar-refractivity contribution in [2.24, 2.45) is 0 Å². The van der Waals surface area contributed by atoms with Crippen molar-refractivity contribution in [3.63, 3.8) is 0 Å². The summed E-state index contributed by atoms with van der Waals surface area (Å²) in [6.07, 6.45) is 0.700. The molecule has 0 atom stereocenters. The first kappa shape index (κ1) is 17.4. The van der Waals surface area contributed by atoms with Crippen molar-refractivity contribution < 1.29 is 14.3 Å². The summed E-state index contributed by atoms with van der Waals surface area (Å²) in [5, 5.41) is 3.46. The van der Waals surface area contributed by atoms with Crippen molar-refractivity contribution in [3.8, 4) is 0 Å². The predicted octanol–water partition coefficient (Wildman–Crippen LogP) is 3.15. The van der Waals surface area contributed by atoms with Crippen molar-refractivity contribution >= 4 is 28.5 Å². The lowest BCUT2D eigenvalue weighted by Crippen LogP contribution is -2.35. The van der Waals surface area contributed by atoms with Gasteiger partial charge in [0.05, 0.1) is 25.3 Å². The molecular formula is C18H21N3O3S. The summed E-state index contributed by atoms with van der Waals surface area (Å²) in [6.45, 7) is 5.24. The normalized spacial score (nSPS) is 13.3. The number of aryl methyl sites for hydroxylation is 1. The second-order valence-corrected chi connectivity index (χ2v) is 7.06. The summed E-state index contributed by atoms with van der Waals surface area (Å²) in [5.74, 6) is -0.0843. The van der Waals surface area contributed by atoms with Gasteiger partial charge in [-0.1, -0.05) is 41.2 Å². The maximum Gasteiger partial charge on any atom is 0.410 e. The van der Waals surface area contributed by atoms with E-state index in [0.717, 1.165) is 21.7 Å². The topological polar surface area (TPSA) is 71.5 Å². The van der Waals surface area contributed by atoms with Gasteiger partial charge in [-0.2, -0.15) is 0 Å². The number of benzene rings is 1. The molecule has 1 N–H and O–H groups in total. The molecule has 0 radical (unpaired) electrons. The summed E-state index contributed by atoms with van der Waals surface area (Å²) in [5.41, 5.74) is 3.07. The van der Waals surface area contributed by atoms with Gasteiger partial charge in [0.25, 0.3) is 0 Å². The predicted molar refractivity (Wildman–Crippen MR) is 96.8 cm³/mol. The number of rotatable bonds is 4. The van der Waals surface area contributed by atoms with E-state index in [2.05, 4.69) is 10.3 Å². The highest BCUT2D eigenvalue weighted by Gasteiger charge is 2.25. The Morgan fingerprint density at radius 3 is 3.00 bits per heavy atom. The number of hydrogen-bond acceptors (Lipinski definition) is 5. The molecule has 0 bridgehead atoms. The van der Waals surface area contributed by atoms with Crippen LogP contribution in [0.4, 0.5) is 9.93 Å². The van der Waals surface area contributed by atoms with E-state index in [1.165, 1.54) is 11.3 Å². The number of thiazole rings is 1. The molecule has 1 aliphatic rings. The number of nitrogens with zero attached hydrogens (tertiary/aromatic N) is 2. The minimum absolute atomic E-state index is 0.0843. The molecule has 2 aromatic rings. The number of aromatic nitrogens is 1. The van der Waals surface area contributed by atoms with Crippen molar-refractivity contribution in [1.29, 1.82) is 0 Å². The molecule has 25 heavy (non-hydrogen) atoms. The highest BCUT2D eigenvalue weighted by atomic mass is 32.1. The fourth-order valence-electron chi connectivity index (χ4n) is 2.79. The van der Waals surface area contributed by atoms with Crippen LogP contribution in [-0.4, -0.2) is 35.0 Å². The molecule has 132 valence electrons. The fourth-order valence-corrected chi connectivity index (χ4v) is 3.83. The van der Waals surface area contributed by atoms with Crippen LogP contribution in [0.3, 0.4) is 0 Å².